The van der Waals surface area contributed by atoms with Gasteiger partial charge in [0.1, 0.15) is 5.82 Å². The second kappa shape index (κ2) is 6.57. The number of halogens is 2. The van der Waals surface area contributed by atoms with Gasteiger partial charge >= 0.3 is 0 Å². The molecule has 1 atom stereocenters. The van der Waals surface area contributed by atoms with Crippen molar-refractivity contribution in [1.82, 2.24) is 5.32 Å². The van der Waals surface area contributed by atoms with Crippen molar-refractivity contribution < 1.29 is 9.18 Å². The SMILES string of the molecule is Cl.O=C(Nc1cccc(F)c1)[C@H]1CCCCN1. The standard InChI is InChI=1S/C12H15FN2O.ClH/c13-9-4-3-5-10(8-9)15-12(16)11-6-1-2-7-14-11;/h3-5,8,11,14H,1-2,6-7H2,(H,15,16);1H/t11-;/m1./s1. The van der Waals surface area contributed by atoms with Crippen molar-refractivity contribution in [2.45, 2.75) is 25.3 Å². The van der Waals surface area contributed by atoms with Crippen LogP contribution in [0.4, 0.5) is 10.1 Å². The topological polar surface area (TPSA) is 41.1 Å². The molecule has 94 valence electrons. The summed E-state index contributed by atoms with van der Waals surface area (Å²) in [5, 5.41) is 5.86. The maximum atomic E-state index is 12.9. The molecule has 0 aromatic heterocycles. The van der Waals surface area contributed by atoms with E-state index in [9.17, 15) is 9.18 Å². The molecular weight excluding hydrogens is 243 g/mol. The van der Waals surface area contributed by atoms with Crippen LogP contribution in [0.15, 0.2) is 24.3 Å². The van der Waals surface area contributed by atoms with Gasteiger partial charge in [0.2, 0.25) is 5.91 Å². The smallest absolute Gasteiger partial charge is 0.241 e. The number of piperidine rings is 1. The van der Waals surface area contributed by atoms with Gasteiger partial charge in [-0.25, -0.2) is 4.39 Å². The lowest BCUT2D eigenvalue weighted by molar-refractivity contribution is -0.118. The molecule has 0 aliphatic carbocycles. The van der Waals surface area contributed by atoms with Crippen molar-refractivity contribution in [2.75, 3.05) is 11.9 Å². The van der Waals surface area contributed by atoms with Gasteiger partial charge in [-0.3, -0.25) is 4.79 Å². The summed E-state index contributed by atoms with van der Waals surface area (Å²) in [6, 6.07) is 5.80. The van der Waals surface area contributed by atoms with Crippen LogP contribution in [-0.2, 0) is 4.79 Å². The molecule has 1 saturated heterocycles. The van der Waals surface area contributed by atoms with E-state index in [0.717, 1.165) is 25.8 Å². The first-order valence-electron chi connectivity index (χ1n) is 5.55. The van der Waals surface area contributed by atoms with Crippen molar-refractivity contribution in [3.05, 3.63) is 30.1 Å². The predicted octanol–water partition coefficient (Wildman–Crippen LogP) is 2.33. The Morgan fingerprint density at radius 3 is 2.88 bits per heavy atom. The van der Waals surface area contributed by atoms with E-state index in [0.29, 0.717) is 5.69 Å². The van der Waals surface area contributed by atoms with E-state index in [1.165, 1.54) is 12.1 Å². The largest absolute Gasteiger partial charge is 0.325 e. The zero-order chi connectivity index (χ0) is 11.4. The molecular formula is C12H16ClFN2O. The van der Waals surface area contributed by atoms with Crippen LogP contribution in [-0.4, -0.2) is 18.5 Å². The number of benzene rings is 1. The lowest BCUT2D eigenvalue weighted by Crippen LogP contribution is -2.43. The minimum Gasteiger partial charge on any atom is -0.325 e. The van der Waals surface area contributed by atoms with Gasteiger partial charge in [0.15, 0.2) is 0 Å². The van der Waals surface area contributed by atoms with E-state index in [4.69, 9.17) is 0 Å². The van der Waals surface area contributed by atoms with Gasteiger partial charge in [-0.15, -0.1) is 12.4 Å². The third kappa shape index (κ3) is 3.98. The normalized spacial score (nSPS) is 19.2. The van der Waals surface area contributed by atoms with E-state index in [2.05, 4.69) is 10.6 Å². The molecule has 0 bridgehead atoms. The van der Waals surface area contributed by atoms with Crippen LogP contribution in [0.25, 0.3) is 0 Å². The average molecular weight is 259 g/mol. The van der Waals surface area contributed by atoms with Crippen molar-refractivity contribution in [2.24, 2.45) is 0 Å². The Kier molecular flexibility index (Phi) is 5.38. The van der Waals surface area contributed by atoms with E-state index >= 15 is 0 Å². The molecule has 1 aliphatic heterocycles. The zero-order valence-electron chi connectivity index (χ0n) is 9.41. The molecule has 1 fully saturated rings. The first kappa shape index (κ1) is 13.9. The lowest BCUT2D eigenvalue weighted by atomic mass is 10.0. The molecule has 0 saturated carbocycles. The van der Waals surface area contributed by atoms with Crippen LogP contribution in [0.1, 0.15) is 19.3 Å². The molecule has 3 nitrogen and oxygen atoms in total. The molecule has 1 heterocycles. The number of anilines is 1. The quantitative estimate of drug-likeness (QED) is 0.855. The van der Waals surface area contributed by atoms with Crippen LogP contribution in [0, 0.1) is 5.82 Å². The maximum absolute atomic E-state index is 12.9. The Labute approximate surface area is 106 Å². The van der Waals surface area contributed by atoms with Crippen LogP contribution in [0.3, 0.4) is 0 Å². The molecule has 1 amide bonds. The molecule has 1 aliphatic rings. The fourth-order valence-electron chi connectivity index (χ4n) is 1.87. The van der Waals surface area contributed by atoms with Gasteiger partial charge in [0.25, 0.3) is 0 Å². The highest BCUT2D eigenvalue weighted by Crippen LogP contribution is 2.12. The molecule has 17 heavy (non-hydrogen) atoms. The zero-order valence-corrected chi connectivity index (χ0v) is 10.2. The monoisotopic (exact) mass is 258 g/mol. The molecule has 5 heteroatoms. The number of hydrogen-bond acceptors (Lipinski definition) is 2. The molecule has 1 aromatic carbocycles. The third-order valence-electron chi connectivity index (χ3n) is 2.72. The number of rotatable bonds is 2. The number of hydrogen-bond donors (Lipinski definition) is 2. The third-order valence-corrected chi connectivity index (χ3v) is 2.72. The van der Waals surface area contributed by atoms with E-state index < -0.39 is 0 Å². The van der Waals surface area contributed by atoms with Crippen molar-refractivity contribution in [3.63, 3.8) is 0 Å². The van der Waals surface area contributed by atoms with Crippen LogP contribution < -0.4 is 10.6 Å². The predicted molar refractivity (Wildman–Crippen MR) is 67.9 cm³/mol. The number of nitrogens with one attached hydrogen (secondary N) is 2. The first-order valence-corrected chi connectivity index (χ1v) is 5.55. The molecule has 1 aromatic rings. The van der Waals surface area contributed by atoms with E-state index in [1.54, 1.807) is 12.1 Å². The number of carbonyl (C=O) groups excluding carboxylic acids is 1. The summed E-state index contributed by atoms with van der Waals surface area (Å²) < 4.78 is 12.9. The average Bonchev–Trinajstić information content (AvgIpc) is 2.30. The second-order valence-corrected chi connectivity index (χ2v) is 4.00. The van der Waals surface area contributed by atoms with Crippen LogP contribution in [0.2, 0.25) is 0 Å². The van der Waals surface area contributed by atoms with Crippen LogP contribution >= 0.6 is 12.4 Å². The Morgan fingerprint density at radius 1 is 1.41 bits per heavy atom. The molecule has 0 spiro atoms. The summed E-state index contributed by atoms with van der Waals surface area (Å²) in [6.45, 7) is 0.876. The lowest BCUT2D eigenvalue weighted by Gasteiger charge is -2.22. The summed E-state index contributed by atoms with van der Waals surface area (Å²) in [5.74, 6) is -0.417. The van der Waals surface area contributed by atoms with Gasteiger partial charge < -0.3 is 10.6 Å². The van der Waals surface area contributed by atoms with Crippen molar-refractivity contribution >= 4 is 24.0 Å². The Balaban J connectivity index is 0.00000144. The Bertz CT molecular complexity index is 381. The molecule has 0 radical (unpaired) electrons. The van der Waals surface area contributed by atoms with E-state index in [-0.39, 0.29) is 30.2 Å². The van der Waals surface area contributed by atoms with Gasteiger partial charge in [-0.1, -0.05) is 12.5 Å². The number of amides is 1. The van der Waals surface area contributed by atoms with Gasteiger partial charge in [0.05, 0.1) is 6.04 Å². The summed E-state index contributed by atoms with van der Waals surface area (Å²) in [4.78, 5) is 11.8. The first-order chi connectivity index (χ1) is 7.75. The fraction of sp³-hybridized carbons (Fsp3) is 0.417. The highest BCUT2D eigenvalue weighted by molar-refractivity contribution is 5.94. The minimum absolute atomic E-state index is 0. The fourth-order valence-corrected chi connectivity index (χ4v) is 1.87. The van der Waals surface area contributed by atoms with Gasteiger partial charge in [-0.2, -0.15) is 0 Å². The van der Waals surface area contributed by atoms with Crippen molar-refractivity contribution in [1.29, 1.82) is 0 Å². The summed E-state index contributed by atoms with van der Waals surface area (Å²) >= 11 is 0. The Morgan fingerprint density at radius 2 is 2.24 bits per heavy atom. The maximum Gasteiger partial charge on any atom is 0.241 e. The summed E-state index contributed by atoms with van der Waals surface area (Å²) in [7, 11) is 0. The summed E-state index contributed by atoms with van der Waals surface area (Å²) in [5.41, 5.74) is 0.511. The van der Waals surface area contributed by atoms with Gasteiger partial charge in [0, 0.05) is 5.69 Å². The van der Waals surface area contributed by atoms with Crippen molar-refractivity contribution in [3.8, 4) is 0 Å². The Hall–Kier alpha value is -1.13. The highest BCUT2D eigenvalue weighted by atomic mass is 35.5. The van der Waals surface area contributed by atoms with Gasteiger partial charge in [-0.05, 0) is 37.6 Å². The highest BCUT2D eigenvalue weighted by Gasteiger charge is 2.20. The number of carbonyl (C=O) groups is 1. The molecule has 0 unspecified atom stereocenters. The minimum atomic E-state index is -0.339. The summed E-state index contributed by atoms with van der Waals surface area (Å²) in [6.07, 6.45) is 3.03. The second-order valence-electron chi connectivity index (χ2n) is 4.00. The van der Waals surface area contributed by atoms with Crippen LogP contribution in [0.5, 0.6) is 0 Å². The molecule has 2 rings (SSSR count). The molecule has 2 N–H and O–H groups in total. The van der Waals surface area contributed by atoms with E-state index in [1.807, 2.05) is 0 Å².